The second kappa shape index (κ2) is 3.03. The van der Waals surface area contributed by atoms with Crippen molar-refractivity contribution in [2.45, 2.75) is 0 Å². The Bertz CT molecular complexity index is 183. The van der Waals surface area contributed by atoms with Gasteiger partial charge in [0.15, 0.2) is 0 Å². The molecular weight excluding hydrogens is 154 g/mol. The van der Waals surface area contributed by atoms with E-state index in [9.17, 15) is 4.79 Å². The summed E-state index contributed by atoms with van der Waals surface area (Å²) in [6.07, 6.45) is 0. The van der Waals surface area contributed by atoms with E-state index in [1.54, 1.807) is 0 Å². The lowest BCUT2D eigenvalue weighted by Crippen LogP contribution is -2.34. The number of hydrogen-bond donors (Lipinski definition) is 2. The Hall–Kier alpha value is -0.610. The molecule has 12 heavy (non-hydrogen) atoms. The van der Waals surface area contributed by atoms with Gasteiger partial charge >= 0.3 is 0 Å². The predicted molar refractivity (Wildman–Crippen MR) is 45.5 cm³/mol. The number of carbonyl (C=O) groups excluding carboxylic acids is 1. The molecule has 3 N–H and O–H groups in total. The fourth-order valence-electron chi connectivity index (χ4n) is 2.30. The van der Waals surface area contributed by atoms with Gasteiger partial charge in [-0.1, -0.05) is 0 Å². The third-order valence-corrected chi connectivity index (χ3v) is 2.84. The van der Waals surface area contributed by atoms with Crippen molar-refractivity contribution in [2.75, 3.05) is 32.7 Å². The lowest BCUT2D eigenvalue weighted by Gasteiger charge is -2.13. The molecule has 2 aliphatic rings. The molecule has 0 aromatic heterocycles. The summed E-state index contributed by atoms with van der Waals surface area (Å²) in [6.45, 7) is 4.74. The van der Waals surface area contributed by atoms with Gasteiger partial charge in [0.25, 0.3) is 0 Å². The molecule has 4 heteroatoms. The van der Waals surface area contributed by atoms with Crippen LogP contribution in [0.1, 0.15) is 0 Å². The van der Waals surface area contributed by atoms with Gasteiger partial charge in [-0.2, -0.15) is 0 Å². The number of rotatable bonds is 2. The zero-order chi connectivity index (χ0) is 8.55. The summed E-state index contributed by atoms with van der Waals surface area (Å²) >= 11 is 0. The molecule has 0 saturated carbocycles. The first-order chi connectivity index (χ1) is 5.75. The maximum atomic E-state index is 10.6. The van der Waals surface area contributed by atoms with Crippen LogP contribution in [-0.2, 0) is 4.79 Å². The average molecular weight is 169 g/mol. The highest BCUT2D eigenvalue weighted by Gasteiger charge is 2.36. The van der Waals surface area contributed by atoms with E-state index in [1.807, 2.05) is 0 Å². The molecule has 0 aromatic carbocycles. The minimum Gasteiger partial charge on any atom is -0.369 e. The summed E-state index contributed by atoms with van der Waals surface area (Å²) in [4.78, 5) is 12.8. The monoisotopic (exact) mass is 169 g/mol. The largest absolute Gasteiger partial charge is 0.369 e. The van der Waals surface area contributed by atoms with Crippen molar-refractivity contribution in [1.29, 1.82) is 0 Å². The zero-order valence-electron chi connectivity index (χ0n) is 7.12. The second-order valence-corrected chi connectivity index (χ2v) is 3.84. The molecule has 0 radical (unpaired) electrons. The molecule has 68 valence electrons. The van der Waals surface area contributed by atoms with Crippen molar-refractivity contribution >= 4 is 5.91 Å². The summed E-state index contributed by atoms with van der Waals surface area (Å²) in [5.74, 6) is 1.30. The number of nitrogens with one attached hydrogen (secondary N) is 1. The molecule has 4 nitrogen and oxygen atoms in total. The Morgan fingerprint density at radius 1 is 1.42 bits per heavy atom. The highest BCUT2D eigenvalue weighted by molar-refractivity contribution is 5.75. The van der Waals surface area contributed by atoms with Crippen molar-refractivity contribution in [1.82, 2.24) is 10.2 Å². The Morgan fingerprint density at radius 3 is 2.50 bits per heavy atom. The maximum Gasteiger partial charge on any atom is 0.231 e. The van der Waals surface area contributed by atoms with Crippen molar-refractivity contribution in [2.24, 2.45) is 17.6 Å². The van der Waals surface area contributed by atoms with Crippen molar-refractivity contribution in [3.8, 4) is 0 Å². The first kappa shape index (κ1) is 8.01. The van der Waals surface area contributed by atoms with E-state index in [0.717, 1.165) is 38.0 Å². The highest BCUT2D eigenvalue weighted by atomic mass is 16.1. The molecule has 0 aliphatic carbocycles. The Labute approximate surface area is 72.1 Å². The molecule has 1 amide bonds. The van der Waals surface area contributed by atoms with E-state index < -0.39 is 0 Å². The first-order valence-electron chi connectivity index (χ1n) is 4.47. The Morgan fingerprint density at radius 2 is 2.00 bits per heavy atom. The predicted octanol–water partition coefficient (Wildman–Crippen LogP) is -1.38. The van der Waals surface area contributed by atoms with Crippen molar-refractivity contribution < 1.29 is 4.79 Å². The molecule has 2 fully saturated rings. The number of hydrogen-bond acceptors (Lipinski definition) is 3. The average Bonchev–Trinajstić information content (AvgIpc) is 2.43. The number of carbonyl (C=O) groups is 1. The zero-order valence-corrected chi connectivity index (χ0v) is 7.12. The fourth-order valence-corrected chi connectivity index (χ4v) is 2.30. The lowest BCUT2D eigenvalue weighted by atomic mass is 10.0. The molecule has 2 atom stereocenters. The summed E-state index contributed by atoms with van der Waals surface area (Å²) in [6, 6.07) is 0. The summed E-state index contributed by atoms with van der Waals surface area (Å²) in [7, 11) is 0. The van der Waals surface area contributed by atoms with Crippen LogP contribution in [-0.4, -0.2) is 43.5 Å². The minimum atomic E-state index is -0.206. The van der Waals surface area contributed by atoms with Crippen LogP contribution in [0, 0.1) is 11.8 Å². The quantitative estimate of drug-likeness (QED) is 0.536. The minimum absolute atomic E-state index is 0.206. The highest BCUT2D eigenvalue weighted by Crippen LogP contribution is 2.25. The summed E-state index contributed by atoms with van der Waals surface area (Å²) < 4.78 is 0. The third-order valence-electron chi connectivity index (χ3n) is 2.84. The van der Waals surface area contributed by atoms with Crippen LogP contribution in [0.2, 0.25) is 0 Å². The molecule has 0 unspecified atom stereocenters. The number of nitrogens with zero attached hydrogens (tertiary/aromatic N) is 1. The summed E-state index contributed by atoms with van der Waals surface area (Å²) in [5, 5.41) is 3.36. The van der Waals surface area contributed by atoms with E-state index in [-0.39, 0.29) is 5.91 Å². The smallest absolute Gasteiger partial charge is 0.231 e. The van der Waals surface area contributed by atoms with Gasteiger partial charge in [0.1, 0.15) is 0 Å². The summed E-state index contributed by atoms with van der Waals surface area (Å²) in [5.41, 5.74) is 5.13. The van der Waals surface area contributed by atoms with Gasteiger partial charge in [-0.3, -0.25) is 9.69 Å². The molecule has 0 bridgehead atoms. The van der Waals surface area contributed by atoms with Crippen LogP contribution in [0.5, 0.6) is 0 Å². The lowest BCUT2D eigenvalue weighted by molar-refractivity contribution is -0.118. The van der Waals surface area contributed by atoms with Crippen molar-refractivity contribution in [3.05, 3.63) is 0 Å². The van der Waals surface area contributed by atoms with Gasteiger partial charge in [0.2, 0.25) is 5.91 Å². The van der Waals surface area contributed by atoms with Crippen LogP contribution in [0.4, 0.5) is 0 Å². The van der Waals surface area contributed by atoms with Gasteiger partial charge in [0, 0.05) is 13.1 Å². The topological polar surface area (TPSA) is 58.4 Å². The molecule has 2 heterocycles. The standard InChI is InChI=1S/C8H15N3O/c9-8(12)5-11-3-6-1-10-2-7(6)4-11/h6-7,10H,1-5H2,(H2,9,12)/t6-,7+. The first-order valence-corrected chi connectivity index (χ1v) is 4.47. The van der Waals surface area contributed by atoms with Gasteiger partial charge in [0.05, 0.1) is 6.54 Å². The SMILES string of the molecule is NC(=O)CN1C[C@H]2CNC[C@H]2C1. The van der Waals surface area contributed by atoms with Gasteiger partial charge in [-0.15, -0.1) is 0 Å². The van der Waals surface area contributed by atoms with Crippen LogP contribution in [0.3, 0.4) is 0 Å². The molecule has 2 aliphatic heterocycles. The number of likely N-dealkylation sites (tertiary alicyclic amines) is 1. The van der Waals surface area contributed by atoms with Gasteiger partial charge < -0.3 is 11.1 Å². The van der Waals surface area contributed by atoms with Crippen LogP contribution >= 0.6 is 0 Å². The fraction of sp³-hybridized carbons (Fsp3) is 0.875. The Kier molecular flexibility index (Phi) is 2.02. The van der Waals surface area contributed by atoms with Gasteiger partial charge in [-0.05, 0) is 24.9 Å². The number of amides is 1. The van der Waals surface area contributed by atoms with Crippen molar-refractivity contribution in [3.63, 3.8) is 0 Å². The molecule has 2 rings (SSSR count). The van der Waals surface area contributed by atoms with E-state index in [4.69, 9.17) is 5.73 Å². The molecule has 0 aromatic rings. The van der Waals surface area contributed by atoms with Gasteiger partial charge in [-0.25, -0.2) is 0 Å². The molecule has 2 saturated heterocycles. The van der Waals surface area contributed by atoms with E-state index in [1.165, 1.54) is 0 Å². The maximum absolute atomic E-state index is 10.6. The molecule has 0 spiro atoms. The van der Waals surface area contributed by atoms with Crippen LogP contribution in [0.15, 0.2) is 0 Å². The van der Waals surface area contributed by atoms with E-state index in [2.05, 4.69) is 10.2 Å². The van der Waals surface area contributed by atoms with E-state index >= 15 is 0 Å². The second-order valence-electron chi connectivity index (χ2n) is 3.84. The number of nitrogens with two attached hydrogens (primary N) is 1. The normalized spacial score (nSPS) is 35.3. The van der Waals surface area contributed by atoms with E-state index in [0.29, 0.717) is 6.54 Å². The third kappa shape index (κ3) is 1.44. The van der Waals surface area contributed by atoms with Crippen LogP contribution < -0.4 is 11.1 Å². The number of fused-ring (bicyclic) bond motifs is 1. The number of primary amides is 1. The molecular formula is C8H15N3O. The Balaban J connectivity index is 1.86. The van der Waals surface area contributed by atoms with Crippen LogP contribution in [0.25, 0.3) is 0 Å².